The van der Waals surface area contributed by atoms with Crippen LogP contribution in [-0.2, 0) is 20.1 Å². The van der Waals surface area contributed by atoms with E-state index >= 15 is 0 Å². The highest BCUT2D eigenvalue weighted by atomic mass is 79.9. The number of carbonyl (C=O) groups is 1. The molecule has 1 aromatic carbocycles. The lowest BCUT2D eigenvalue weighted by Crippen LogP contribution is -2.12. The van der Waals surface area contributed by atoms with E-state index < -0.39 is 28.0 Å². The highest BCUT2D eigenvalue weighted by Gasteiger charge is 2.53. The minimum Gasteiger partial charge on any atom is -0.492 e. The maximum atomic E-state index is 14.2. The lowest BCUT2D eigenvalue weighted by Gasteiger charge is -2.16. The lowest BCUT2D eigenvalue weighted by molar-refractivity contribution is 0.0595. The van der Waals surface area contributed by atoms with Gasteiger partial charge in [0.15, 0.2) is 0 Å². The number of alkyl halides is 2. The van der Waals surface area contributed by atoms with E-state index in [4.69, 9.17) is 14.5 Å². The first-order valence-electron chi connectivity index (χ1n) is 7.23. The van der Waals surface area contributed by atoms with Crippen LogP contribution in [0, 0.1) is 0 Å². The van der Waals surface area contributed by atoms with Crippen molar-refractivity contribution in [1.82, 2.24) is 0 Å². The van der Waals surface area contributed by atoms with Gasteiger partial charge in [0, 0.05) is 21.7 Å². The molecule has 0 fully saturated rings. The molecule has 0 amide bonds. The third-order valence-corrected chi connectivity index (χ3v) is 7.92. The standard InChI is InChI=1S/C14H14BrF2O7PS2/c1-27(22,23)4-2-3-24-10-6-8(7-18)5-9-11(15)13(26-12(9)10)14(16,17)25(19,20)21/h5-7H,2-4H2,1H3,(H2,19,20,21). The Morgan fingerprint density at radius 1 is 1.37 bits per heavy atom. The summed E-state index contributed by atoms with van der Waals surface area (Å²) in [6.07, 6.45) is 1.67. The maximum Gasteiger partial charge on any atom is 0.400 e. The molecule has 0 saturated heterocycles. The summed E-state index contributed by atoms with van der Waals surface area (Å²) in [6.45, 7) is -0.0514. The van der Waals surface area contributed by atoms with Gasteiger partial charge >= 0.3 is 13.3 Å². The van der Waals surface area contributed by atoms with Gasteiger partial charge in [0.2, 0.25) is 0 Å². The average molecular weight is 507 g/mol. The Morgan fingerprint density at radius 3 is 2.52 bits per heavy atom. The molecule has 13 heteroatoms. The van der Waals surface area contributed by atoms with Crippen molar-refractivity contribution in [2.75, 3.05) is 18.6 Å². The number of carbonyl (C=O) groups excluding carboxylic acids is 1. The molecule has 0 aliphatic carbocycles. The molecule has 0 saturated carbocycles. The Balaban J connectivity index is 2.50. The fourth-order valence-electron chi connectivity index (χ4n) is 2.17. The van der Waals surface area contributed by atoms with Gasteiger partial charge in [-0.15, -0.1) is 11.3 Å². The Morgan fingerprint density at radius 2 is 2.00 bits per heavy atom. The van der Waals surface area contributed by atoms with Crippen LogP contribution in [0.5, 0.6) is 5.75 Å². The molecule has 27 heavy (non-hydrogen) atoms. The minimum atomic E-state index is -5.78. The largest absolute Gasteiger partial charge is 0.492 e. The zero-order valence-electron chi connectivity index (χ0n) is 13.7. The van der Waals surface area contributed by atoms with Gasteiger partial charge in [-0.25, -0.2) is 8.42 Å². The van der Waals surface area contributed by atoms with Crippen LogP contribution >= 0.6 is 34.9 Å². The number of ether oxygens (including phenoxy) is 1. The monoisotopic (exact) mass is 506 g/mol. The Hall–Kier alpha value is -0.910. The predicted octanol–water partition coefficient (Wildman–Crippen LogP) is 3.52. The molecule has 2 N–H and O–H groups in total. The number of halogens is 3. The van der Waals surface area contributed by atoms with Gasteiger partial charge < -0.3 is 14.5 Å². The van der Waals surface area contributed by atoms with Crippen LogP contribution in [0.1, 0.15) is 21.7 Å². The summed E-state index contributed by atoms with van der Waals surface area (Å²) in [5, 5.41) is 0.130. The molecular formula is C14H14BrF2O7PS2. The summed E-state index contributed by atoms with van der Waals surface area (Å²) < 4.78 is 67.1. The van der Waals surface area contributed by atoms with Crippen LogP contribution < -0.4 is 4.74 Å². The van der Waals surface area contributed by atoms with E-state index in [9.17, 15) is 26.6 Å². The van der Waals surface area contributed by atoms with E-state index in [-0.39, 0.29) is 44.7 Å². The van der Waals surface area contributed by atoms with Crippen molar-refractivity contribution in [3.05, 3.63) is 27.0 Å². The molecule has 150 valence electrons. The van der Waals surface area contributed by atoms with Crippen molar-refractivity contribution in [2.45, 2.75) is 12.1 Å². The fourth-order valence-corrected chi connectivity index (χ4v) is 5.78. The first-order valence-corrected chi connectivity index (χ1v) is 12.5. The van der Waals surface area contributed by atoms with Crippen molar-refractivity contribution in [1.29, 1.82) is 0 Å². The van der Waals surface area contributed by atoms with Crippen LogP contribution in [-0.4, -0.2) is 43.1 Å². The van der Waals surface area contributed by atoms with Crippen molar-refractivity contribution >= 4 is 61.1 Å². The SMILES string of the molecule is CS(=O)(=O)CCCOc1cc(C=O)cc2c(Br)c(C(F)(F)P(=O)(O)O)sc12. The number of sulfone groups is 1. The van der Waals surface area contributed by atoms with Gasteiger partial charge in [0.1, 0.15) is 26.8 Å². The Kier molecular flexibility index (Phi) is 6.50. The molecule has 0 unspecified atom stereocenters. The predicted molar refractivity (Wildman–Crippen MR) is 101 cm³/mol. The zero-order valence-corrected chi connectivity index (χ0v) is 17.8. The van der Waals surface area contributed by atoms with E-state index in [0.717, 1.165) is 6.26 Å². The van der Waals surface area contributed by atoms with E-state index in [1.165, 1.54) is 12.1 Å². The number of hydrogen-bond acceptors (Lipinski definition) is 6. The van der Waals surface area contributed by atoms with Crippen molar-refractivity contribution < 1.29 is 41.1 Å². The molecule has 2 rings (SSSR count). The van der Waals surface area contributed by atoms with Gasteiger partial charge in [-0.1, -0.05) is 0 Å². The summed E-state index contributed by atoms with van der Waals surface area (Å²) in [7, 11) is -8.98. The van der Waals surface area contributed by atoms with E-state index in [2.05, 4.69) is 15.9 Å². The summed E-state index contributed by atoms with van der Waals surface area (Å²) in [4.78, 5) is 28.2. The fraction of sp³-hybridized carbons (Fsp3) is 0.357. The van der Waals surface area contributed by atoms with Crippen LogP contribution in [0.3, 0.4) is 0 Å². The summed E-state index contributed by atoms with van der Waals surface area (Å²) in [5.41, 5.74) is -4.32. The topological polar surface area (TPSA) is 118 Å². The molecule has 0 aliphatic heterocycles. The molecule has 1 aromatic heterocycles. The second-order valence-corrected chi connectivity index (χ2v) is 11.4. The second kappa shape index (κ2) is 7.84. The number of benzene rings is 1. The van der Waals surface area contributed by atoms with Crippen molar-refractivity contribution in [3.8, 4) is 5.75 Å². The highest BCUT2D eigenvalue weighted by Crippen LogP contribution is 2.63. The molecule has 0 aliphatic rings. The summed E-state index contributed by atoms with van der Waals surface area (Å²) >= 11 is 3.34. The molecule has 2 aromatic rings. The molecule has 0 bridgehead atoms. The molecule has 1 heterocycles. The molecular weight excluding hydrogens is 493 g/mol. The van der Waals surface area contributed by atoms with Gasteiger partial charge in [-0.05, 0) is 34.5 Å². The first kappa shape index (κ1) is 22.4. The van der Waals surface area contributed by atoms with E-state index in [1.54, 1.807) is 0 Å². The first-order chi connectivity index (χ1) is 12.3. The van der Waals surface area contributed by atoms with Crippen molar-refractivity contribution in [3.63, 3.8) is 0 Å². The third kappa shape index (κ3) is 4.93. The average Bonchev–Trinajstić information content (AvgIpc) is 2.87. The number of hydrogen-bond donors (Lipinski definition) is 2. The Bertz CT molecular complexity index is 1030. The van der Waals surface area contributed by atoms with Crippen molar-refractivity contribution in [2.24, 2.45) is 0 Å². The normalized spacial score (nSPS) is 13.1. The number of fused-ring (bicyclic) bond motifs is 1. The zero-order chi connectivity index (χ0) is 20.6. The third-order valence-electron chi connectivity index (χ3n) is 3.41. The smallest absolute Gasteiger partial charge is 0.400 e. The molecule has 0 spiro atoms. The summed E-state index contributed by atoms with van der Waals surface area (Å²) in [5.74, 6) is -0.0966. The number of rotatable bonds is 8. The molecule has 7 nitrogen and oxygen atoms in total. The van der Waals surface area contributed by atoms with Crippen LogP contribution in [0.4, 0.5) is 8.78 Å². The van der Waals surface area contributed by atoms with Crippen LogP contribution in [0.25, 0.3) is 10.1 Å². The molecule has 0 radical (unpaired) electrons. The quantitative estimate of drug-likeness (QED) is 0.319. The van der Waals surface area contributed by atoms with E-state index in [0.29, 0.717) is 17.6 Å². The lowest BCUT2D eigenvalue weighted by atomic mass is 10.1. The van der Waals surface area contributed by atoms with Gasteiger partial charge in [0.25, 0.3) is 0 Å². The Labute approximate surface area is 165 Å². The number of aldehydes is 1. The van der Waals surface area contributed by atoms with Crippen LogP contribution in [0.2, 0.25) is 0 Å². The second-order valence-electron chi connectivity index (χ2n) is 5.68. The van der Waals surface area contributed by atoms with E-state index in [1.807, 2.05) is 0 Å². The minimum absolute atomic E-state index is 0.0431. The summed E-state index contributed by atoms with van der Waals surface area (Å²) in [6, 6.07) is 2.57. The molecule has 0 atom stereocenters. The van der Waals surface area contributed by atoms with Gasteiger partial charge in [-0.2, -0.15) is 8.78 Å². The van der Waals surface area contributed by atoms with Crippen LogP contribution in [0.15, 0.2) is 16.6 Å². The maximum absolute atomic E-state index is 14.2. The van der Waals surface area contributed by atoms with Gasteiger partial charge in [-0.3, -0.25) is 9.36 Å². The van der Waals surface area contributed by atoms with Gasteiger partial charge in [0.05, 0.1) is 17.1 Å². The highest BCUT2D eigenvalue weighted by molar-refractivity contribution is 9.10. The number of thiophene rings is 1.